The first-order valence-corrected chi connectivity index (χ1v) is 15.4. The number of carbonyl (C=O) groups excluding carboxylic acids is 2. The summed E-state index contributed by atoms with van der Waals surface area (Å²) in [5.41, 5.74) is 3.71. The molecule has 2 aromatic heterocycles. The lowest BCUT2D eigenvalue weighted by Crippen LogP contribution is -2.35. The molecule has 1 N–H and O–H groups in total. The van der Waals surface area contributed by atoms with Gasteiger partial charge in [-0.1, -0.05) is 68.3 Å². The van der Waals surface area contributed by atoms with Crippen molar-refractivity contribution in [3.63, 3.8) is 0 Å². The molecule has 0 bridgehead atoms. The van der Waals surface area contributed by atoms with E-state index >= 15 is 0 Å². The first kappa shape index (κ1) is 29.6. The monoisotopic (exact) mass is 597 g/mol. The summed E-state index contributed by atoms with van der Waals surface area (Å²) in [6.07, 6.45) is 10.5. The van der Waals surface area contributed by atoms with Crippen LogP contribution in [0.15, 0.2) is 124 Å². The van der Waals surface area contributed by atoms with Crippen LogP contribution in [0.1, 0.15) is 54.8 Å². The Kier molecular flexibility index (Phi) is 8.60. The number of unbranched alkanes of at least 4 members (excludes halogenated alkanes) is 2. The highest BCUT2D eigenvalue weighted by atomic mass is 16.4. The summed E-state index contributed by atoms with van der Waals surface area (Å²) in [5.74, 6) is -0.576. The number of rotatable bonds is 9. The average molecular weight is 598 g/mol. The van der Waals surface area contributed by atoms with Gasteiger partial charge < -0.3 is 14.3 Å². The zero-order valence-corrected chi connectivity index (χ0v) is 25.5. The number of aryl methyl sites for hydroxylation is 2. The summed E-state index contributed by atoms with van der Waals surface area (Å²) < 4.78 is 7.73. The van der Waals surface area contributed by atoms with Crippen LogP contribution in [0.2, 0.25) is 0 Å². The van der Waals surface area contributed by atoms with Crippen molar-refractivity contribution in [1.82, 2.24) is 9.47 Å². The number of anilines is 1. The highest BCUT2D eigenvalue weighted by Gasteiger charge is 2.28. The molecule has 0 unspecified atom stereocenters. The zero-order valence-electron chi connectivity index (χ0n) is 25.5. The van der Waals surface area contributed by atoms with Crippen molar-refractivity contribution in [2.45, 2.75) is 46.1 Å². The molecule has 45 heavy (non-hydrogen) atoms. The molecular formula is C38H35N3O4. The number of fused-ring (bicyclic) bond motifs is 3. The van der Waals surface area contributed by atoms with Crippen LogP contribution in [0.4, 0.5) is 5.69 Å². The minimum Gasteiger partial charge on any atom is -0.427 e. The zero-order chi connectivity index (χ0) is 31.3. The van der Waals surface area contributed by atoms with Gasteiger partial charge in [-0.25, -0.2) is 4.79 Å². The average Bonchev–Trinajstić information content (AvgIpc) is 3.38. The summed E-state index contributed by atoms with van der Waals surface area (Å²) in [6, 6.07) is 26.9. The molecule has 0 fully saturated rings. The summed E-state index contributed by atoms with van der Waals surface area (Å²) >= 11 is 0. The molecule has 2 amide bonds. The number of nitrogens with zero attached hydrogens (tertiary/aromatic N) is 2. The maximum absolute atomic E-state index is 13.9. The molecule has 226 valence electrons. The van der Waals surface area contributed by atoms with Gasteiger partial charge in [0.15, 0.2) is 0 Å². The Labute approximate surface area is 261 Å². The van der Waals surface area contributed by atoms with Crippen molar-refractivity contribution in [3.8, 4) is 0 Å². The van der Waals surface area contributed by atoms with Gasteiger partial charge in [0.2, 0.25) is 0 Å². The Bertz CT molecular complexity index is 2050. The molecule has 0 atom stereocenters. The van der Waals surface area contributed by atoms with Gasteiger partial charge in [-0.2, -0.15) is 0 Å². The predicted octanol–water partition coefficient (Wildman–Crippen LogP) is 8.08. The number of aromatic nitrogens is 1. The van der Waals surface area contributed by atoms with E-state index in [1.54, 1.807) is 18.2 Å². The summed E-state index contributed by atoms with van der Waals surface area (Å²) in [5, 5.41) is 5.12. The van der Waals surface area contributed by atoms with Crippen LogP contribution < -0.4 is 10.9 Å². The third kappa shape index (κ3) is 6.15. The van der Waals surface area contributed by atoms with Gasteiger partial charge >= 0.3 is 5.63 Å². The molecule has 0 radical (unpaired) electrons. The van der Waals surface area contributed by atoms with Gasteiger partial charge in [-0.05, 0) is 79.1 Å². The highest BCUT2D eigenvalue weighted by Crippen LogP contribution is 2.31. The minimum atomic E-state index is -0.717. The van der Waals surface area contributed by atoms with Gasteiger partial charge in [0, 0.05) is 46.7 Å². The first-order valence-electron chi connectivity index (χ1n) is 15.4. The number of amides is 2. The fourth-order valence-electron chi connectivity index (χ4n) is 5.79. The standard InChI is InChI=1S/C38H35N3O4/c1-3-5-7-14-29-18-19-31(38(44)45-29)37(43)41-22-21-27(23-26-12-8-6-9-13-26)24-35(41)36(42)39-28-17-20-34-32(25-28)30-15-10-11-16-33(30)40(34)4-2/h6,8-13,15-25H,3-5,7,14H2,1-2H3,(H,39,42). The Balaban J connectivity index is 1.34. The third-order valence-electron chi connectivity index (χ3n) is 8.05. The van der Waals surface area contributed by atoms with Crippen molar-refractivity contribution in [2.75, 3.05) is 5.32 Å². The second-order valence-corrected chi connectivity index (χ2v) is 11.1. The van der Waals surface area contributed by atoms with Crippen molar-refractivity contribution in [1.29, 1.82) is 0 Å². The molecular weight excluding hydrogens is 562 g/mol. The Hall–Kier alpha value is -5.43. The Morgan fingerprint density at radius 2 is 1.64 bits per heavy atom. The summed E-state index contributed by atoms with van der Waals surface area (Å²) in [7, 11) is 0. The van der Waals surface area contributed by atoms with Crippen LogP contribution in [0, 0.1) is 0 Å². The van der Waals surface area contributed by atoms with Crippen molar-refractivity contribution < 1.29 is 14.0 Å². The second kappa shape index (κ2) is 13.1. The second-order valence-electron chi connectivity index (χ2n) is 11.1. The lowest BCUT2D eigenvalue weighted by molar-refractivity contribution is -0.113. The largest absolute Gasteiger partial charge is 0.427 e. The number of allylic oxidation sites excluding steroid dienone is 3. The number of para-hydroxylation sites is 1. The normalized spacial score (nSPS) is 13.9. The van der Waals surface area contributed by atoms with Gasteiger partial charge in [0.05, 0.1) is 0 Å². The molecule has 0 saturated carbocycles. The van der Waals surface area contributed by atoms with Gasteiger partial charge in [-0.3, -0.25) is 14.5 Å². The van der Waals surface area contributed by atoms with E-state index in [0.29, 0.717) is 17.9 Å². The van der Waals surface area contributed by atoms with E-state index in [4.69, 9.17) is 4.42 Å². The molecule has 5 aromatic rings. The molecule has 7 heteroatoms. The maximum atomic E-state index is 13.9. The molecule has 7 nitrogen and oxygen atoms in total. The smallest absolute Gasteiger partial charge is 0.348 e. The molecule has 3 aromatic carbocycles. The predicted molar refractivity (Wildman–Crippen MR) is 180 cm³/mol. The van der Waals surface area contributed by atoms with E-state index in [9.17, 15) is 14.4 Å². The van der Waals surface area contributed by atoms with Crippen molar-refractivity contribution in [2.24, 2.45) is 0 Å². The minimum absolute atomic E-state index is 0.0900. The number of hydrogen-bond acceptors (Lipinski definition) is 4. The Morgan fingerprint density at radius 3 is 2.42 bits per heavy atom. The number of nitrogens with one attached hydrogen (secondary N) is 1. The third-order valence-corrected chi connectivity index (χ3v) is 8.05. The van der Waals surface area contributed by atoms with Crippen LogP contribution >= 0.6 is 0 Å². The lowest BCUT2D eigenvalue weighted by atomic mass is 10.1. The van der Waals surface area contributed by atoms with E-state index in [1.807, 2.05) is 66.7 Å². The quantitative estimate of drug-likeness (QED) is 0.174. The van der Waals surface area contributed by atoms with Crippen molar-refractivity contribution >= 4 is 45.4 Å². The van der Waals surface area contributed by atoms with Gasteiger partial charge in [0.1, 0.15) is 17.0 Å². The molecule has 0 spiro atoms. The number of benzene rings is 3. The van der Waals surface area contributed by atoms with E-state index in [0.717, 1.165) is 58.7 Å². The van der Waals surface area contributed by atoms with Crippen LogP contribution in [0.25, 0.3) is 27.9 Å². The van der Waals surface area contributed by atoms with Crippen LogP contribution in [-0.2, 0) is 17.8 Å². The topological polar surface area (TPSA) is 84.5 Å². The van der Waals surface area contributed by atoms with E-state index in [-0.39, 0.29) is 11.3 Å². The molecule has 0 saturated heterocycles. The van der Waals surface area contributed by atoms with Crippen LogP contribution in [0.5, 0.6) is 0 Å². The van der Waals surface area contributed by atoms with Crippen molar-refractivity contribution in [3.05, 3.63) is 142 Å². The highest BCUT2D eigenvalue weighted by molar-refractivity contribution is 6.12. The first-order chi connectivity index (χ1) is 22.0. The molecule has 1 aliphatic heterocycles. The number of carbonyl (C=O) groups is 2. The van der Waals surface area contributed by atoms with Crippen LogP contribution in [-0.4, -0.2) is 21.3 Å². The SMILES string of the molecule is CCCCCc1ccc(C(=O)N2C=CC(=Cc3ccccc3)C=C2C(=O)Nc2ccc3c(c2)c2ccccc2n3CC)c(=O)o1. The van der Waals surface area contributed by atoms with E-state index in [1.165, 1.54) is 17.2 Å². The van der Waals surface area contributed by atoms with Crippen LogP contribution in [0.3, 0.4) is 0 Å². The molecule has 1 aliphatic rings. The van der Waals surface area contributed by atoms with E-state index in [2.05, 4.69) is 35.9 Å². The molecule has 3 heterocycles. The Morgan fingerprint density at radius 1 is 0.867 bits per heavy atom. The van der Waals surface area contributed by atoms with Gasteiger partial charge in [-0.15, -0.1) is 0 Å². The maximum Gasteiger partial charge on any atom is 0.348 e. The summed E-state index contributed by atoms with van der Waals surface area (Å²) in [6.45, 7) is 5.03. The fraction of sp³-hybridized carbons (Fsp3) is 0.184. The van der Waals surface area contributed by atoms with Gasteiger partial charge in [0.25, 0.3) is 11.8 Å². The fourth-order valence-corrected chi connectivity index (χ4v) is 5.79. The lowest BCUT2D eigenvalue weighted by Gasteiger charge is -2.24. The summed E-state index contributed by atoms with van der Waals surface area (Å²) in [4.78, 5) is 41.8. The molecule has 6 rings (SSSR count). The number of hydrogen-bond donors (Lipinski definition) is 1. The molecule has 0 aliphatic carbocycles. The van der Waals surface area contributed by atoms with E-state index < -0.39 is 17.4 Å².